The van der Waals surface area contributed by atoms with Gasteiger partial charge in [0.1, 0.15) is 5.82 Å². The van der Waals surface area contributed by atoms with E-state index in [0.717, 1.165) is 16.9 Å². The first kappa shape index (κ1) is 11.8. The van der Waals surface area contributed by atoms with Gasteiger partial charge in [-0.25, -0.2) is 0 Å². The van der Waals surface area contributed by atoms with E-state index in [-0.39, 0.29) is 0 Å². The van der Waals surface area contributed by atoms with Crippen molar-refractivity contribution in [2.75, 3.05) is 5.73 Å². The molecule has 2 heterocycles. The molecule has 19 heavy (non-hydrogen) atoms. The van der Waals surface area contributed by atoms with E-state index in [0.29, 0.717) is 5.92 Å². The van der Waals surface area contributed by atoms with Gasteiger partial charge in [-0.2, -0.15) is 0 Å². The monoisotopic (exact) mass is 250 g/mol. The van der Waals surface area contributed by atoms with Crippen molar-refractivity contribution in [3.05, 3.63) is 60.3 Å². The molecule has 0 bridgehead atoms. The van der Waals surface area contributed by atoms with Gasteiger partial charge < -0.3 is 10.1 Å². The quantitative estimate of drug-likeness (QED) is 0.721. The topological polar surface area (TPSA) is 30.4 Å². The first-order valence-corrected chi connectivity index (χ1v) is 6.62. The summed E-state index contributed by atoms with van der Waals surface area (Å²) in [4.78, 5) is 0. The minimum atomic E-state index is 0.526. The van der Waals surface area contributed by atoms with Crippen LogP contribution < -0.4 is 5.73 Å². The number of pyridine rings is 1. The summed E-state index contributed by atoms with van der Waals surface area (Å²) in [7, 11) is 0. The predicted octanol–water partition coefficient (Wildman–Crippen LogP) is 4.31. The maximum Gasteiger partial charge on any atom is 0.115 e. The number of fused-ring (bicyclic) bond motifs is 1. The van der Waals surface area contributed by atoms with Crippen LogP contribution in [0.3, 0.4) is 0 Å². The summed E-state index contributed by atoms with van der Waals surface area (Å²) in [6.45, 7) is 4.41. The van der Waals surface area contributed by atoms with Crippen molar-refractivity contribution in [2.45, 2.75) is 19.8 Å². The van der Waals surface area contributed by atoms with E-state index in [1.54, 1.807) is 0 Å². The van der Waals surface area contributed by atoms with Crippen molar-refractivity contribution < 1.29 is 0 Å². The van der Waals surface area contributed by atoms with Crippen LogP contribution in [0.25, 0.3) is 16.6 Å². The highest BCUT2D eigenvalue weighted by Crippen LogP contribution is 2.31. The second-order valence-electron chi connectivity index (χ2n) is 5.22. The van der Waals surface area contributed by atoms with Crippen LogP contribution in [0.15, 0.2) is 54.7 Å². The van der Waals surface area contributed by atoms with Crippen LogP contribution in [0.4, 0.5) is 5.82 Å². The molecule has 2 aromatic heterocycles. The summed E-state index contributed by atoms with van der Waals surface area (Å²) in [5.74, 6) is 1.33. The van der Waals surface area contributed by atoms with Crippen molar-refractivity contribution in [3.8, 4) is 11.1 Å². The zero-order valence-electron chi connectivity index (χ0n) is 11.3. The fraction of sp³-hybridized carbons (Fsp3) is 0.176. The van der Waals surface area contributed by atoms with Crippen molar-refractivity contribution in [1.29, 1.82) is 0 Å². The Balaban J connectivity index is 2.19. The molecular weight excluding hydrogens is 232 g/mol. The predicted molar refractivity (Wildman–Crippen MR) is 81.3 cm³/mol. The van der Waals surface area contributed by atoms with Gasteiger partial charge in [-0.1, -0.05) is 44.2 Å². The van der Waals surface area contributed by atoms with Gasteiger partial charge in [0, 0.05) is 17.3 Å². The van der Waals surface area contributed by atoms with E-state index in [1.807, 2.05) is 22.7 Å². The van der Waals surface area contributed by atoms with E-state index in [4.69, 9.17) is 5.73 Å². The number of nitrogens with zero attached hydrogens (tertiary/aromatic N) is 1. The number of rotatable bonds is 2. The largest absolute Gasteiger partial charge is 0.384 e. The van der Waals surface area contributed by atoms with Crippen LogP contribution >= 0.6 is 0 Å². The van der Waals surface area contributed by atoms with Gasteiger partial charge in [0.2, 0.25) is 0 Å². The minimum absolute atomic E-state index is 0.526. The highest BCUT2D eigenvalue weighted by atomic mass is 15.0. The molecule has 0 radical (unpaired) electrons. The van der Waals surface area contributed by atoms with Gasteiger partial charge in [-0.05, 0) is 35.2 Å². The third-order valence-corrected chi connectivity index (χ3v) is 3.58. The molecule has 0 unspecified atom stereocenters. The second kappa shape index (κ2) is 4.47. The fourth-order valence-corrected chi connectivity index (χ4v) is 2.44. The molecule has 2 heteroatoms. The number of nitrogen functional groups attached to an aromatic ring is 1. The van der Waals surface area contributed by atoms with Crippen molar-refractivity contribution >= 4 is 11.3 Å². The minimum Gasteiger partial charge on any atom is -0.384 e. The molecule has 0 aliphatic carbocycles. The van der Waals surface area contributed by atoms with E-state index < -0.39 is 0 Å². The van der Waals surface area contributed by atoms with E-state index >= 15 is 0 Å². The number of hydrogen-bond acceptors (Lipinski definition) is 1. The summed E-state index contributed by atoms with van der Waals surface area (Å²) in [5.41, 5.74) is 11.0. The Morgan fingerprint density at radius 2 is 1.84 bits per heavy atom. The number of benzene rings is 1. The second-order valence-corrected chi connectivity index (χ2v) is 5.22. The van der Waals surface area contributed by atoms with Crippen LogP contribution in [0.2, 0.25) is 0 Å². The molecule has 0 aliphatic heterocycles. The maximum atomic E-state index is 6.26. The van der Waals surface area contributed by atoms with Gasteiger partial charge in [0.25, 0.3) is 0 Å². The van der Waals surface area contributed by atoms with E-state index in [1.165, 1.54) is 11.1 Å². The maximum absolute atomic E-state index is 6.26. The van der Waals surface area contributed by atoms with Crippen LogP contribution in [0, 0.1) is 0 Å². The summed E-state index contributed by atoms with van der Waals surface area (Å²) in [5, 5.41) is 0. The molecule has 2 N–H and O–H groups in total. The lowest BCUT2D eigenvalue weighted by atomic mass is 9.98. The Labute approximate surface area is 113 Å². The molecule has 2 nitrogen and oxygen atoms in total. The molecule has 0 aliphatic rings. The Hall–Kier alpha value is -2.22. The molecular formula is C17H18N2. The lowest BCUT2D eigenvalue weighted by molar-refractivity contribution is 0.867. The Morgan fingerprint density at radius 1 is 1.00 bits per heavy atom. The molecule has 0 spiro atoms. The zero-order valence-corrected chi connectivity index (χ0v) is 11.3. The first-order chi connectivity index (χ1) is 9.16. The molecule has 3 aromatic rings. The van der Waals surface area contributed by atoms with Gasteiger partial charge in [0.05, 0.1) is 0 Å². The summed E-state index contributed by atoms with van der Waals surface area (Å²) >= 11 is 0. The number of anilines is 1. The fourth-order valence-electron chi connectivity index (χ4n) is 2.44. The molecule has 0 amide bonds. The molecule has 96 valence electrons. The first-order valence-electron chi connectivity index (χ1n) is 6.62. The zero-order chi connectivity index (χ0) is 13.4. The van der Waals surface area contributed by atoms with Gasteiger partial charge in [-0.3, -0.25) is 0 Å². The van der Waals surface area contributed by atoms with Crippen LogP contribution in [0.5, 0.6) is 0 Å². The highest BCUT2D eigenvalue weighted by Gasteiger charge is 2.09. The van der Waals surface area contributed by atoms with Crippen molar-refractivity contribution in [3.63, 3.8) is 0 Å². The smallest absolute Gasteiger partial charge is 0.115 e. The molecule has 0 saturated heterocycles. The third-order valence-electron chi connectivity index (χ3n) is 3.58. The standard InChI is InChI=1S/C17H18N2/c1-12(2)13-6-5-7-14(10-13)16-11-15-8-3-4-9-19(15)17(16)18/h3-12H,18H2,1-2H3. The molecule has 1 aromatic carbocycles. The summed E-state index contributed by atoms with van der Waals surface area (Å²) in [6.07, 6.45) is 2.00. The Bertz CT molecular complexity index is 723. The van der Waals surface area contributed by atoms with E-state index in [9.17, 15) is 0 Å². The third kappa shape index (κ3) is 1.99. The molecule has 0 atom stereocenters. The van der Waals surface area contributed by atoms with Gasteiger partial charge >= 0.3 is 0 Å². The SMILES string of the molecule is CC(C)c1cccc(-c2cc3ccccn3c2N)c1. The van der Waals surface area contributed by atoms with Gasteiger partial charge in [0.15, 0.2) is 0 Å². The Morgan fingerprint density at radius 3 is 2.58 bits per heavy atom. The van der Waals surface area contributed by atoms with Crippen molar-refractivity contribution in [2.24, 2.45) is 0 Å². The number of nitrogens with two attached hydrogens (primary N) is 1. The van der Waals surface area contributed by atoms with Crippen LogP contribution in [-0.2, 0) is 0 Å². The van der Waals surface area contributed by atoms with Gasteiger partial charge in [-0.15, -0.1) is 0 Å². The average molecular weight is 250 g/mol. The Kier molecular flexibility index (Phi) is 2.79. The lowest BCUT2D eigenvalue weighted by Crippen LogP contribution is -1.94. The van der Waals surface area contributed by atoms with Crippen LogP contribution in [0.1, 0.15) is 25.3 Å². The number of aromatic nitrogens is 1. The van der Waals surface area contributed by atoms with E-state index in [2.05, 4.69) is 50.2 Å². The molecule has 0 fully saturated rings. The lowest BCUT2D eigenvalue weighted by Gasteiger charge is -2.08. The molecule has 0 saturated carbocycles. The van der Waals surface area contributed by atoms with Crippen LogP contribution in [-0.4, -0.2) is 4.40 Å². The highest BCUT2D eigenvalue weighted by molar-refractivity contribution is 5.81. The molecule has 3 rings (SSSR count). The summed E-state index contributed by atoms with van der Waals surface area (Å²) in [6, 6.07) is 16.9. The normalized spacial score (nSPS) is 11.3. The number of hydrogen-bond donors (Lipinski definition) is 1. The van der Waals surface area contributed by atoms with Crippen molar-refractivity contribution in [1.82, 2.24) is 4.40 Å². The average Bonchev–Trinajstić information content (AvgIpc) is 2.77. The summed E-state index contributed by atoms with van der Waals surface area (Å²) < 4.78 is 2.03.